The molecule has 1 aromatic heterocycles. The first-order valence-corrected chi connectivity index (χ1v) is 8.59. The van der Waals surface area contributed by atoms with Crippen LogP contribution in [0.4, 0.5) is 5.69 Å². The Morgan fingerprint density at radius 1 is 1.43 bits per heavy atom. The Labute approximate surface area is 133 Å². The van der Waals surface area contributed by atoms with E-state index in [4.69, 9.17) is 17.3 Å². The number of rotatable bonds is 3. The van der Waals surface area contributed by atoms with Crippen LogP contribution < -0.4 is 5.73 Å². The molecule has 5 heteroatoms. The van der Waals surface area contributed by atoms with Gasteiger partial charge in [0.2, 0.25) is 0 Å². The van der Waals surface area contributed by atoms with Gasteiger partial charge in [0.15, 0.2) is 0 Å². The number of nitrogen functional groups attached to an aromatic ring is 1. The van der Waals surface area contributed by atoms with Crippen LogP contribution in [0.1, 0.15) is 42.3 Å². The van der Waals surface area contributed by atoms with Crippen molar-refractivity contribution in [3.05, 3.63) is 28.1 Å². The molecule has 1 aliphatic rings. The minimum atomic E-state index is 0.0687. The Morgan fingerprint density at radius 2 is 2.14 bits per heavy atom. The normalized spacial score (nSPS) is 15.7. The molecule has 0 atom stereocenters. The number of thiophene rings is 1. The standard InChI is InChI=1S/C16H19ClN2OS/c1-2-19(11-5-3-4-6-11)16(20)15-14(18)12-9-10(17)7-8-13(12)21-15/h7-9,11H,2-6,18H2,1H3. The van der Waals surface area contributed by atoms with Crippen molar-refractivity contribution in [3.63, 3.8) is 0 Å². The van der Waals surface area contributed by atoms with E-state index in [2.05, 4.69) is 0 Å². The van der Waals surface area contributed by atoms with Crippen molar-refractivity contribution < 1.29 is 4.79 Å². The van der Waals surface area contributed by atoms with Crippen molar-refractivity contribution >= 4 is 44.6 Å². The smallest absolute Gasteiger partial charge is 0.266 e. The van der Waals surface area contributed by atoms with Gasteiger partial charge >= 0.3 is 0 Å². The lowest BCUT2D eigenvalue weighted by atomic mass is 10.1. The number of amides is 1. The van der Waals surface area contributed by atoms with Crippen molar-refractivity contribution in [3.8, 4) is 0 Å². The molecule has 0 bridgehead atoms. The molecule has 2 aromatic rings. The summed E-state index contributed by atoms with van der Waals surface area (Å²) in [6.45, 7) is 2.77. The first-order valence-electron chi connectivity index (χ1n) is 7.40. The molecular weight excluding hydrogens is 304 g/mol. The molecule has 1 fully saturated rings. The molecule has 21 heavy (non-hydrogen) atoms. The van der Waals surface area contributed by atoms with Gasteiger partial charge in [-0.05, 0) is 38.0 Å². The lowest BCUT2D eigenvalue weighted by Crippen LogP contribution is -2.38. The second-order valence-electron chi connectivity index (χ2n) is 5.51. The van der Waals surface area contributed by atoms with Gasteiger partial charge in [0.05, 0.1) is 5.69 Å². The number of hydrogen-bond donors (Lipinski definition) is 1. The number of anilines is 1. The van der Waals surface area contributed by atoms with Crippen LogP contribution >= 0.6 is 22.9 Å². The highest BCUT2D eigenvalue weighted by Crippen LogP contribution is 2.37. The lowest BCUT2D eigenvalue weighted by molar-refractivity contribution is 0.0699. The first kappa shape index (κ1) is 14.7. The van der Waals surface area contributed by atoms with Crippen molar-refractivity contribution in [2.24, 2.45) is 0 Å². The van der Waals surface area contributed by atoms with E-state index in [0.29, 0.717) is 21.6 Å². The van der Waals surface area contributed by atoms with E-state index < -0.39 is 0 Å². The third kappa shape index (κ3) is 2.62. The SMILES string of the molecule is CCN(C(=O)c1sc2ccc(Cl)cc2c1N)C1CCCC1. The largest absolute Gasteiger partial charge is 0.397 e. The highest BCUT2D eigenvalue weighted by atomic mass is 35.5. The molecule has 3 nitrogen and oxygen atoms in total. The maximum Gasteiger partial charge on any atom is 0.266 e. The van der Waals surface area contributed by atoms with Crippen LogP contribution in [0, 0.1) is 0 Å². The fraction of sp³-hybridized carbons (Fsp3) is 0.438. The Bertz CT molecular complexity index is 676. The minimum Gasteiger partial charge on any atom is -0.397 e. The quantitative estimate of drug-likeness (QED) is 0.901. The summed E-state index contributed by atoms with van der Waals surface area (Å²) in [7, 11) is 0. The van der Waals surface area contributed by atoms with Crippen LogP contribution in [0.15, 0.2) is 18.2 Å². The van der Waals surface area contributed by atoms with Crippen LogP contribution in [0.25, 0.3) is 10.1 Å². The summed E-state index contributed by atoms with van der Waals surface area (Å²) in [5, 5.41) is 1.53. The molecular formula is C16H19ClN2OS. The Morgan fingerprint density at radius 3 is 2.81 bits per heavy atom. The number of carbonyl (C=O) groups is 1. The van der Waals surface area contributed by atoms with Gasteiger partial charge in [0, 0.05) is 27.7 Å². The fourth-order valence-electron chi connectivity index (χ4n) is 3.16. The van der Waals surface area contributed by atoms with Crippen molar-refractivity contribution in [1.82, 2.24) is 4.90 Å². The zero-order chi connectivity index (χ0) is 15.0. The second kappa shape index (κ2) is 5.85. The molecule has 1 aliphatic carbocycles. The van der Waals surface area contributed by atoms with Crippen LogP contribution in [0.3, 0.4) is 0 Å². The number of halogens is 1. The fourth-order valence-corrected chi connectivity index (χ4v) is 4.39. The van der Waals surface area contributed by atoms with E-state index >= 15 is 0 Å². The number of nitrogens with two attached hydrogens (primary N) is 1. The number of benzene rings is 1. The third-order valence-electron chi connectivity index (χ3n) is 4.25. The summed E-state index contributed by atoms with van der Waals surface area (Å²) in [5.41, 5.74) is 6.77. The Kier molecular flexibility index (Phi) is 4.09. The van der Waals surface area contributed by atoms with E-state index in [1.807, 2.05) is 30.0 Å². The van der Waals surface area contributed by atoms with Crippen LogP contribution in [-0.2, 0) is 0 Å². The average molecular weight is 323 g/mol. The summed E-state index contributed by atoms with van der Waals surface area (Å²) in [6, 6.07) is 5.98. The van der Waals surface area contributed by atoms with Gasteiger partial charge in [0.25, 0.3) is 5.91 Å². The molecule has 1 amide bonds. The molecule has 3 rings (SSSR count). The van der Waals surface area contributed by atoms with Gasteiger partial charge in [-0.15, -0.1) is 11.3 Å². The van der Waals surface area contributed by atoms with Gasteiger partial charge in [-0.2, -0.15) is 0 Å². The maximum atomic E-state index is 12.9. The first-order chi connectivity index (χ1) is 10.1. The molecule has 0 unspecified atom stereocenters. The van der Waals surface area contributed by atoms with Crippen LogP contribution in [0.2, 0.25) is 5.02 Å². The molecule has 2 N–H and O–H groups in total. The molecule has 0 saturated heterocycles. The van der Waals surface area contributed by atoms with Gasteiger partial charge < -0.3 is 10.6 Å². The summed E-state index contributed by atoms with van der Waals surface area (Å²) in [6.07, 6.45) is 4.64. The zero-order valence-electron chi connectivity index (χ0n) is 12.1. The summed E-state index contributed by atoms with van der Waals surface area (Å²) < 4.78 is 1.02. The van der Waals surface area contributed by atoms with Crippen LogP contribution in [0.5, 0.6) is 0 Å². The third-order valence-corrected chi connectivity index (χ3v) is 5.66. The van der Waals surface area contributed by atoms with Gasteiger partial charge in [-0.3, -0.25) is 4.79 Å². The number of hydrogen-bond acceptors (Lipinski definition) is 3. The van der Waals surface area contributed by atoms with Gasteiger partial charge in [0.1, 0.15) is 4.88 Å². The predicted octanol–water partition coefficient (Wildman–Crippen LogP) is 4.54. The summed E-state index contributed by atoms with van der Waals surface area (Å²) in [4.78, 5) is 15.5. The van der Waals surface area contributed by atoms with Gasteiger partial charge in [-0.25, -0.2) is 0 Å². The highest BCUT2D eigenvalue weighted by molar-refractivity contribution is 7.21. The second-order valence-corrected chi connectivity index (χ2v) is 7.00. The van der Waals surface area contributed by atoms with E-state index in [1.165, 1.54) is 24.2 Å². The van der Waals surface area contributed by atoms with E-state index in [-0.39, 0.29) is 5.91 Å². The number of fused-ring (bicyclic) bond motifs is 1. The van der Waals surface area contributed by atoms with Crippen molar-refractivity contribution in [2.45, 2.75) is 38.6 Å². The monoisotopic (exact) mass is 322 g/mol. The number of carbonyl (C=O) groups excluding carboxylic acids is 1. The molecule has 112 valence electrons. The Balaban J connectivity index is 1.98. The Hall–Kier alpha value is -1.26. The molecule has 1 heterocycles. The zero-order valence-corrected chi connectivity index (χ0v) is 13.6. The van der Waals surface area contributed by atoms with Crippen LogP contribution in [-0.4, -0.2) is 23.4 Å². The van der Waals surface area contributed by atoms with E-state index in [0.717, 1.165) is 29.5 Å². The van der Waals surface area contributed by atoms with Crippen molar-refractivity contribution in [1.29, 1.82) is 0 Å². The topological polar surface area (TPSA) is 46.3 Å². The molecule has 0 aliphatic heterocycles. The number of nitrogens with zero attached hydrogens (tertiary/aromatic N) is 1. The van der Waals surface area contributed by atoms with Crippen molar-refractivity contribution in [2.75, 3.05) is 12.3 Å². The maximum absolute atomic E-state index is 12.9. The predicted molar refractivity (Wildman–Crippen MR) is 90.2 cm³/mol. The molecule has 1 aromatic carbocycles. The highest BCUT2D eigenvalue weighted by Gasteiger charge is 2.28. The molecule has 0 radical (unpaired) electrons. The molecule has 0 spiro atoms. The van der Waals surface area contributed by atoms with Gasteiger partial charge in [-0.1, -0.05) is 24.4 Å². The minimum absolute atomic E-state index is 0.0687. The summed E-state index contributed by atoms with van der Waals surface area (Å²) >= 11 is 7.49. The molecule has 1 saturated carbocycles. The summed E-state index contributed by atoms with van der Waals surface area (Å²) in [5.74, 6) is 0.0687. The lowest BCUT2D eigenvalue weighted by Gasteiger charge is -2.27. The van der Waals surface area contributed by atoms with E-state index in [9.17, 15) is 4.79 Å². The van der Waals surface area contributed by atoms with E-state index in [1.54, 1.807) is 0 Å². The average Bonchev–Trinajstić information content (AvgIpc) is 3.09.